The summed E-state index contributed by atoms with van der Waals surface area (Å²) in [5.74, 6) is -0.905. The highest BCUT2D eigenvalue weighted by Crippen LogP contribution is 2.21. The van der Waals surface area contributed by atoms with E-state index in [9.17, 15) is 4.79 Å². The van der Waals surface area contributed by atoms with Crippen LogP contribution in [0.25, 0.3) is 10.9 Å². The SMILES string of the molecule is Cc1ccc(C#N)c2cc(CC(=O)O)cnc12. The van der Waals surface area contributed by atoms with E-state index < -0.39 is 5.97 Å². The van der Waals surface area contributed by atoms with Gasteiger partial charge in [0.05, 0.1) is 23.6 Å². The molecule has 0 aliphatic carbocycles. The van der Waals surface area contributed by atoms with E-state index in [0.29, 0.717) is 16.5 Å². The first-order chi connectivity index (χ1) is 8.11. The quantitative estimate of drug-likeness (QED) is 0.850. The van der Waals surface area contributed by atoms with E-state index in [1.165, 1.54) is 0 Å². The molecule has 1 N–H and O–H groups in total. The predicted molar refractivity (Wildman–Crippen MR) is 62.5 cm³/mol. The zero-order valence-electron chi connectivity index (χ0n) is 9.27. The number of hydrogen-bond donors (Lipinski definition) is 1. The van der Waals surface area contributed by atoms with E-state index in [2.05, 4.69) is 11.1 Å². The Bertz CT molecular complexity index is 642. The summed E-state index contributed by atoms with van der Waals surface area (Å²) in [6.07, 6.45) is 1.46. The average molecular weight is 226 g/mol. The van der Waals surface area contributed by atoms with Gasteiger partial charge in [-0.25, -0.2) is 0 Å². The molecule has 0 spiro atoms. The smallest absolute Gasteiger partial charge is 0.307 e. The standard InChI is InChI=1S/C13H10N2O2/c1-8-2-3-10(6-14)11-4-9(5-12(16)17)7-15-13(8)11/h2-4,7H,5H2,1H3,(H,16,17). The number of hydrogen-bond acceptors (Lipinski definition) is 3. The Morgan fingerprint density at radius 2 is 2.29 bits per heavy atom. The third-order valence-corrected chi connectivity index (χ3v) is 2.58. The lowest BCUT2D eigenvalue weighted by Crippen LogP contribution is -2.01. The molecule has 2 aromatic rings. The van der Waals surface area contributed by atoms with E-state index in [4.69, 9.17) is 10.4 Å². The number of carbonyl (C=O) groups is 1. The lowest BCUT2D eigenvalue weighted by molar-refractivity contribution is -0.136. The van der Waals surface area contributed by atoms with Crippen LogP contribution in [0.3, 0.4) is 0 Å². The summed E-state index contributed by atoms with van der Waals surface area (Å²) in [5, 5.41) is 18.4. The maximum Gasteiger partial charge on any atom is 0.307 e. The number of pyridine rings is 1. The van der Waals surface area contributed by atoms with Crippen molar-refractivity contribution >= 4 is 16.9 Å². The Balaban J connectivity index is 2.67. The molecule has 0 saturated carbocycles. The molecule has 1 aromatic carbocycles. The molecule has 84 valence electrons. The Hall–Kier alpha value is -2.41. The Kier molecular flexibility index (Phi) is 2.75. The van der Waals surface area contributed by atoms with Gasteiger partial charge in [0.1, 0.15) is 0 Å². The number of fused-ring (bicyclic) bond motifs is 1. The summed E-state index contributed by atoms with van der Waals surface area (Å²) in [6.45, 7) is 1.91. The van der Waals surface area contributed by atoms with Gasteiger partial charge in [0.25, 0.3) is 0 Å². The zero-order valence-corrected chi connectivity index (χ0v) is 9.27. The van der Waals surface area contributed by atoms with Gasteiger partial charge in [-0.15, -0.1) is 0 Å². The van der Waals surface area contributed by atoms with Crippen molar-refractivity contribution in [3.8, 4) is 6.07 Å². The molecule has 0 aliphatic heterocycles. The molecule has 0 bridgehead atoms. The normalized spacial score (nSPS) is 10.1. The minimum absolute atomic E-state index is 0.0816. The monoisotopic (exact) mass is 226 g/mol. The first-order valence-electron chi connectivity index (χ1n) is 5.12. The maximum atomic E-state index is 10.6. The summed E-state index contributed by atoms with van der Waals surface area (Å²) in [7, 11) is 0. The average Bonchev–Trinajstić information content (AvgIpc) is 2.29. The molecular weight excluding hydrogens is 216 g/mol. The van der Waals surface area contributed by atoms with E-state index >= 15 is 0 Å². The van der Waals surface area contributed by atoms with Crippen LogP contribution >= 0.6 is 0 Å². The van der Waals surface area contributed by atoms with Crippen molar-refractivity contribution in [1.82, 2.24) is 4.98 Å². The van der Waals surface area contributed by atoms with Gasteiger partial charge in [0.2, 0.25) is 0 Å². The largest absolute Gasteiger partial charge is 0.481 e. The number of benzene rings is 1. The summed E-state index contributed by atoms with van der Waals surface area (Å²) in [6, 6.07) is 7.38. The number of aryl methyl sites for hydroxylation is 1. The lowest BCUT2D eigenvalue weighted by Gasteiger charge is -2.05. The fourth-order valence-corrected chi connectivity index (χ4v) is 1.77. The van der Waals surface area contributed by atoms with Crippen molar-refractivity contribution in [1.29, 1.82) is 5.26 Å². The molecule has 0 radical (unpaired) electrons. The van der Waals surface area contributed by atoms with Gasteiger partial charge in [-0.3, -0.25) is 9.78 Å². The van der Waals surface area contributed by atoms with Crippen LogP contribution < -0.4 is 0 Å². The lowest BCUT2D eigenvalue weighted by atomic mass is 10.0. The highest BCUT2D eigenvalue weighted by atomic mass is 16.4. The highest BCUT2D eigenvalue weighted by molar-refractivity contribution is 5.88. The van der Waals surface area contributed by atoms with E-state index in [-0.39, 0.29) is 6.42 Å². The topological polar surface area (TPSA) is 74.0 Å². The van der Waals surface area contributed by atoms with Crippen molar-refractivity contribution in [2.45, 2.75) is 13.3 Å². The van der Waals surface area contributed by atoms with Gasteiger partial charge in [-0.2, -0.15) is 5.26 Å². The fraction of sp³-hybridized carbons (Fsp3) is 0.154. The fourth-order valence-electron chi connectivity index (χ4n) is 1.77. The Labute approximate surface area is 98.1 Å². The molecule has 0 unspecified atom stereocenters. The van der Waals surface area contributed by atoms with Gasteiger partial charge < -0.3 is 5.11 Å². The summed E-state index contributed by atoms with van der Waals surface area (Å²) < 4.78 is 0. The van der Waals surface area contributed by atoms with Gasteiger partial charge in [-0.1, -0.05) is 6.07 Å². The Morgan fingerprint density at radius 3 is 2.94 bits per heavy atom. The molecule has 1 heterocycles. The molecule has 0 aliphatic rings. The number of nitriles is 1. The third-order valence-electron chi connectivity index (χ3n) is 2.58. The molecule has 4 nitrogen and oxygen atoms in total. The minimum Gasteiger partial charge on any atom is -0.481 e. The second-order valence-electron chi connectivity index (χ2n) is 3.85. The number of rotatable bonds is 2. The van der Waals surface area contributed by atoms with Crippen LogP contribution in [-0.4, -0.2) is 16.1 Å². The molecule has 0 amide bonds. The van der Waals surface area contributed by atoms with Crippen LogP contribution in [0.15, 0.2) is 24.4 Å². The summed E-state index contributed by atoms with van der Waals surface area (Å²) in [4.78, 5) is 14.9. The van der Waals surface area contributed by atoms with E-state index in [1.807, 2.05) is 13.0 Å². The number of aliphatic carboxylic acids is 1. The van der Waals surface area contributed by atoms with E-state index in [0.717, 1.165) is 11.1 Å². The molecule has 1 aromatic heterocycles. The number of nitrogens with zero attached hydrogens (tertiary/aromatic N) is 2. The van der Waals surface area contributed by atoms with Gasteiger partial charge in [0.15, 0.2) is 0 Å². The molecule has 0 atom stereocenters. The summed E-state index contributed by atoms with van der Waals surface area (Å²) >= 11 is 0. The second kappa shape index (κ2) is 4.22. The maximum absolute atomic E-state index is 10.6. The van der Waals surface area contributed by atoms with Crippen molar-refractivity contribution in [3.63, 3.8) is 0 Å². The molecular formula is C13H10N2O2. The van der Waals surface area contributed by atoms with Crippen LogP contribution in [0.1, 0.15) is 16.7 Å². The third kappa shape index (κ3) is 2.08. The molecule has 17 heavy (non-hydrogen) atoms. The van der Waals surface area contributed by atoms with Gasteiger partial charge in [0, 0.05) is 11.6 Å². The van der Waals surface area contributed by atoms with Crippen molar-refractivity contribution in [3.05, 3.63) is 41.1 Å². The van der Waals surface area contributed by atoms with Gasteiger partial charge in [-0.05, 0) is 30.2 Å². The molecule has 2 rings (SSSR count). The highest BCUT2D eigenvalue weighted by Gasteiger charge is 2.07. The molecule has 0 fully saturated rings. The molecule has 4 heteroatoms. The van der Waals surface area contributed by atoms with Crippen LogP contribution in [0.2, 0.25) is 0 Å². The van der Waals surface area contributed by atoms with Crippen molar-refractivity contribution in [2.24, 2.45) is 0 Å². The van der Waals surface area contributed by atoms with Gasteiger partial charge >= 0.3 is 5.97 Å². The zero-order chi connectivity index (χ0) is 12.4. The van der Waals surface area contributed by atoms with Crippen molar-refractivity contribution in [2.75, 3.05) is 0 Å². The first-order valence-corrected chi connectivity index (χ1v) is 5.12. The van der Waals surface area contributed by atoms with Crippen LogP contribution in [0.5, 0.6) is 0 Å². The minimum atomic E-state index is -0.905. The number of carboxylic acid groups (broad SMARTS) is 1. The van der Waals surface area contributed by atoms with Crippen LogP contribution in [0, 0.1) is 18.3 Å². The first kappa shape index (κ1) is 11.1. The van der Waals surface area contributed by atoms with Crippen LogP contribution in [-0.2, 0) is 11.2 Å². The molecule has 0 saturated heterocycles. The van der Waals surface area contributed by atoms with E-state index in [1.54, 1.807) is 18.3 Å². The Morgan fingerprint density at radius 1 is 1.53 bits per heavy atom. The number of aromatic nitrogens is 1. The summed E-state index contributed by atoms with van der Waals surface area (Å²) in [5.41, 5.74) is 2.84. The number of carboxylic acids is 1. The van der Waals surface area contributed by atoms with Crippen LogP contribution in [0.4, 0.5) is 0 Å². The van der Waals surface area contributed by atoms with Crippen molar-refractivity contribution < 1.29 is 9.90 Å². The predicted octanol–water partition coefficient (Wildman–Crippen LogP) is 2.04. The second-order valence-corrected chi connectivity index (χ2v) is 3.85.